The summed E-state index contributed by atoms with van der Waals surface area (Å²) in [5.74, 6) is -5.52. The van der Waals surface area contributed by atoms with Gasteiger partial charge in [0.2, 0.25) is 0 Å². The molecule has 0 atom stereocenters. The van der Waals surface area contributed by atoms with E-state index in [0.717, 1.165) is 0 Å². The number of benzene rings is 1. The maximum Gasteiger partial charge on any atom is 0.340 e. The van der Waals surface area contributed by atoms with Crippen molar-refractivity contribution < 1.29 is 27.1 Å². The molecule has 0 spiro atoms. The average Bonchev–Trinajstić information content (AvgIpc) is 2.26. The molecule has 3 nitrogen and oxygen atoms in total. The lowest BCUT2D eigenvalue weighted by atomic mass is 10.1. The zero-order valence-electron chi connectivity index (χ0n) is 9.42. The molecule has 18 heavy (non-hydrogen) atoms. The third-order valence-electron chi connectivity index (χ3n) is 2.22. The Kier molecular flexibility index (Phi) is 4.15. The first-order valence-electron chi connectivity index (χ1n) is 4.94. The molecule has 7 heteroatoms. The minimum absolute atomic E-state index is 0.0420. The van der Waals surface area contributed by atoms with Gasteiger partial charge in [-0.05, 0) is 18.6 Å². The molecule has 0 aromatic heterocycles. The Balaban J connectivity index is 2.79. The standard InChI is InChI=1S/C11H11F4NO2/c1-6-3-2-4-7(16)8(6)9(17)18-5-11(14,15)10(12)13/h2-4,10H,5,16H2,1H3. The lowest BCUT2D eigenvalue weighted by molar-refractivity contribution is -0.155. The number of hydrogen-bond acceptors (Lipinski definition) is 3. The molecule has 0 aliphatic carbocycles. The quantitative estimate of drug-likeness (QED) is 0.517. The number of ether oxygens (including phenoxy) is 1. The molecule has 0 aliphatic heterocycles. The normalized spacial score (nSPS) is 11.7. The first-order valence-corrected chi connectivity index (χ1v) is 4.94. The van der Waals surface area contributed by atoms with Crippen molar-refractivity contribution in [3.8, 4) is 0 Å². The fourth-order valence-corrected chi connectivity index (χ4v) is 1.27. The molecule has 0 amide bonds. The number of esters is 1. The van der Waals surface area contributed by atoms with Crippen molar-refractivity contribution in [1.82, 2.24) is 0 Å². The van der Waals surface area contributed by atoms with E-state index in [-0.39, 0.29) is 11.3 Å². The maximum atomic E-state index is 12.6. The number of carbonyl (C=O) groups is 1. The van der Waals surface area contributed by atoms with E-state index < -0.39 is 24.9 Å². The highest BCUT2D eigenvalue weighted by Crippen LogP contribution is 2.24. The van der Waals surface area contributed by atoms with E-state index in [0.29, 0.717) is 5.56 Å². The monoisotopic (exact) mass is 265 g/mol. The van der Waals surface area contributed by atoms with Gasteiger partial charge in [-0.1, -0.05) is 12.1 Å². The number of carbonyl (C=O) groups excluding carboxylic acids is 1. The smallest absolute Gasteiger partial charge is 0.340 e. The molecule has 1 rings (SSSR count). The summed E-state index contributed by atoms with van der Waals surface area (Å²) in [4.78, 5) is 11.5. The SMILES string of the molecule is Cc1cccc(N)c1C(=O)OCC(F)(F)C(F)F. The van der Waals surface area contributed by atoms with E-state index in [9.17, 15) is 22.4 Å². The molecular weight excluding hydrogens is 254 g/mol. The van der Waals surface area contributed by atoms with Crippen LogP contribution in [0.2, 0.25) is 0 Å². The Labute approximate surface area is 101 Å². The molecule has 1 aromatic rings. The van der Waals surface area contributed by atoms with Crippen LogP contribution in [-0.2, 0) is 4.74 Å². The molecule has 0 aliphatic rings. The highest BCUT2D eigenvalue weighted by Gasteiger charge is 2.42. The zero-order valence-corrected chi connectivity index (χ0v) is 9.42. The summed E-state index contributed by atoms with van der Waals surface area (Å²) < 4.78 is 53.0. The summed E-state index contributed by atoms with van der Waals surface area (Å²) in [5.41, 5.74) is 5.85. The molecule has 0 fully saturated rings. The molecule has 0 unspecified atom stereocenters. The van der Waals surface area contributed by atoms with Crippen molar-refractivity contribution >= 4 is 11.7 Å². The van der Waals surface area contributed by atoms with Crippen LogP contribution in [0.3, 0.4) is 0 Å². The molecule has 1 aromatic carbocycles. The van der Waals surface area contributed by atoms with E-state index in [2.05, 4.69) is 4.74 Å². The van der Waals surface area contributed by atoms with Crippen molar-refractivity contribution in [2.45, 2.75) is 19.3 Å². The fourth-order valence-electron chi connectivity index (χ4n) is 1.27. The van der Waals surface area contributed by atoms with Crippen LogP contribution in [-0.4, -0.2) is 24.9 Å². The summed E-state index contributed by atoms with van der Waals surface area (Å²) in [7, 11) is 0. The fraction of sp³-hybridized carbons (Fsp3) is 0.364. The van der Waals surface area contributed by atoms with Gasteiger partial charge in [0.25, 0.3) is 0 Å². The number of nitrogen functional groups attached to an aromatic ring is 1. The van der Waals surface area contributed by atoms with E-state index in [4.69, 9.17) is 5.73 Å². The van der Waals surface area contributed by atoms with Gasteiger partial charge in [0.1, 0.15) is 0 Å². The summed E-state index contributed by atoms with van der Waals surface area (Å²) in [5, 5.41) is 0. The van der Waals surface area contributed by atoms with E-state index in [1.165, 1.54) is 19.1 Å². The Hall–Kier alpha value is -1.79. The molecule has 100 valence electrons. The van der Waals surface area contributed by atoms with Crippen LogP contribution in [0.25, 0.3) is 0 Å². The number of hydrogen-bond donors (Lipinski definition) is 1. The van der Waals surface area contributed by atoms with E-state index in [1.807, 2.05) is 0 Å². The molecule has 0 saturated carbocycles. The summed E-state index contributed by atoms with van der Waals surface area (Å²) in [6, 6.07) is 4.47. The number of rotatable bonds is 4. The zero-order chi connectivity index (χ0) is 13.9. The van der Waals surface area contributed by atoms with Gasteiger partial charge in [-0.15, -0.1) is 0 Å². The highest BCUT2D eigenvalue weighted by atomic mass is 19.3. The Morgan fingerprint density at radius 2 is 2.06 bits per heavy atom. The number of halogens is 4. The third-order valence-corrected chi connectivity index (χ3v) is 2.22. The van der Waals surface area contributed by atoms with Crippen molar-refractivity contribution in [2.24, 2.45) is 0 Å². The van der Waals surface area contributed by atoms with Gasteiger partial charge < -0.3 is 10.5 Å². The second-order valence-electron chi connectivity index (χ2n) is 3.68. The van der Waals surface area contributed by atoms with Gasteiger partial charge in [0, 0.05) is 5.69 Å². The second kappa shape index (κ2) is 5.24. The Bertz CT molecular complexity index is 428. The summed E-state index contributed by atoms with van der Waals surface area (Å²) >= 11 is 0. The minimum atomic E-state index is -4.37. The number of nitrogens with two attached hydrogens (primary N) is 1. The van der Waals surface area contributed by atoms with Gasteiger partial charge in [0.15, 0.2) is 6.61 Å². The highest BCUT2D eigenvalue weighted by molar-refractivity contribution is 5.96. The van der Waals surface area contributed by atoms with Crippen molar-refractivity contribution in [3.63, 3.8) is 0 Å². The van der Waals surface area contributed by atoms with Gasteiger partial charge in [-0.3, -0.25) is 0 Å². The Morgan fingerprint density at radius 1 is 1.44 bits per heavy atom. The predicted octanol–water partition coefficient (Wildman–Crippen LogP) is 2.63. The number of alkyl halides is 4. The summed E-state index contributed by atoms with van der Waals surface area (Å²) in [6.45, 7) is -0.157. The van der Waals surface area contributed by atoms with Crippen molar-refractivity contribution in [1.29, 1.82) is 0 Å². The first kappa shape index (κ1) is 14.3. The largest absolute Gasteiger partial charge is 0.455 e. The Morgan fingerprint density at radius 3 is 2.56 bits per heavy atom. The van der Waals surface area contributed by atoms with Gasteiger partial charge in [-0.2, -0.15) is 8.78 Å². The third kappa shape index (κ3) is 3.12. The average molecular weight is 265 g/mol. The van der Waals surface area contributed by atoms with Crippen LogP contribution >= 0.6 is 0 Å². The predicted molar refractivity (Wildman–Crippen MR) is 56.8 cm³/mol. The molecule has 0 heterocycles. The van der Waals surface area contributed by atoms with Gasteiger partial charge in [-0.25, -0.2) is 13.6 Å². The van der Waals surface area contributed by atoms with Crippen LogP contribution < -0.4 is 5.73 Å². The molecule has 2 N–H and O–H groups in total. The topological polar surface area (TPSA) is 52.3 Å². The van der Waals surface area contributed by atoms with Crippen LogP contribution in [0.4, 0.5) is 23.2 Å². The van der Waals surface area contributed by atoms with E-state index in [1.54, 1.807) is 6.07 Å². The van der Waals surface area contributed by atoms with Gasteiger partial charge in [0.05, 0.1) is 5.56 Å². The lowest BCUT2D eigenvalue weighted by Gasteiger charge is -2.16. The molecular formula is C11H11F4NO2. The molecule has 0 bridgehead atoms. The van der Waals surface area contributed by atoms with Crippen LogP contribution in [0, 0.1) is 6.92 Å². The molecule has 0 radical (unpaired) electrons. The van der Waals surface area contributed by atoms with Crippen LogP contribution in [0.5, 0.6) is 0 Å². The number of anilines is 1. The lowest BCUT2D eigenvalue weighted by Crippen LogP contribution is -2.33. The van der Waals surface area contributed by atoms with E-state index >= 15 is 0 Å². The first-order chi connectivity index (χ1) is 8.25. The van der Waals surface area contributed by atoms with Crippen molar-refractivity contribution in [2.75, 3.05) is 12.3 Å². The second-order valence-corrected chi connectivity index (χ2v) is 3.68. The number of aryl methyl sites for hydroxylation is 1. The minimum Gasteiger partial charge on any atom is -0.455 e. The van der Waals surface area contributed by atoms with Crippen LogP contribution in [0.1, 0.15) is 15.9 Å². The van der Waals surface area contributed by atoms with Crippen LogP contribution in [0.15, 0.2) is 18.2 Å². The maximum absolute atomic E-state index is 12.6. The molecule has 0 saturated heterocycles. The van der Waals surface area contributed by atoms with Gasteiger partial charge >= 0.3 is 18.3 Å². The van der Waals surface area contributed by atoms with Crippen molar-refractivity contribution in [3.05, 3.63) is 29.3 Å². The summed E-state index contributed by atoms with van der Waals surface area (Å²) in [6.07, 6.45) is -3.89.